The van der Waals surface area contributed by atoms with Crippen LogP contribution in [0.4, 0.5) is 16.5 Å². The highest BCUT2D eigenvalue weighted by atomic mass is 32.1. The predicted molar refractivity (Wildman–Crippen MR) is 83.3 cm³/mol. The maximum Gasteiger partial charge on any atom is 0.278 e. The molecule has 0 aromatic carbocycles. The molecule has 2 N–H and O–H groups in total. The summed E-state index contributed by atoms with van der Waals surface area (Å²) in [5.41, 5.74) is 1.01. The van der Waals surface area contributed by atoms with Crippen molar-refractivity contribution < 1.29 is 4.79 Å². The van der Waals surface area contributed by atoms with Crippen LogP contribution in [-0.4, -0.2) is 30.6 Å². The molecule has 0 bridgehead atoms. The fraction of sp³-hybridized carbons (Fsp3) is 0.154. The van der Waals surface area contributed by atoms with Gasteiger partial charge in [-0.25, -0.2) is 15.0 Å². The number of anilines is 3. The first kappa shape index (κ1) is 14.1. The second kappa shape index (κ2) is 5.90. The number of carbonyl (C=O) groups excluding carboxylic acids is 1. The Morgan fingerprint density at radius 1 is 1.32 bits per heavy atom. The first-order valence-corrected chi connectivity index (χ1v) is 7.24. The number of amides is 1. The Balaban J connectivity index is 1.82. The molecule has 9 heteroatoms. The Labute approximate surface area is 130 Å². The molecular formula is C13H13N7OS. The minimum atomic E-state index is -0.317. The average Bonchev–Trinajstić information content (AvgIpc) is 3.06. The van der Waals surface area contributed by atoms with E-state index in [2.05, 4.69) is 30.7 Å². The minimum Gasteiger partial charge on any atom is -0.343 e. The van der Waals surface area contributed by atoms with Crippen molar-refractivity contribution >= 4 is 33.8 Å². The monoisotopic (exact) mass is 315 g/mol. The third kappa shape index (κ3) is 3.09. The van der Waals surface area contributed by atoms with Crippen LogP contribution in [-0.2, 0) is 7.05 Å². The van der Waals surface area contributed by atoms with E-state index in [1.165, 1.54) is 17.7 Å². The molecule has 0 spiro atoms. The number of rotatable bonds is 4. The van der Waals surface area contributed by atoms with Gasteiger partial charge in [-0.2, -0.15) is 5.10 Å². The van der Waals surface area contributed by atoms with Crippen LogP contribution in [0.15, 0.2) is 31.0 Å². The van der Waals surface area contributed by atoms with Crippen molar-refractivity contribution in [3.05, 3.63) is 41.7 Å². The summed E-state index contributed by atoms with van der Waals surface area (Å²) in [5, 5.41) is 11.4. The Kier molecular flexibility index (Phi) is 3.79. The SMILES string of the molecule is Cc1nc(C(=O)Nc2ccn(C)n2)c(Nc2cncnc2)s1. The standard InChI is InChI=1S/C13H13N7OS/c1-8-16-11(12(21)18-10-3-4-20(2)19-10)13(22-8)17-9-5-14-7-15-6-9/h3-7,17H,1-2H3,(H,18,19,21). The lowest BCUT2D eigenvalue weighted by molar-refractivity contribution is 0.102. The number of nitrogens with one attached hydrogen (secondary N) is 2. The Hall–Kier alpha value is -2.81. The van der Waals surface area contributed by atoms with E-state index in [1.54, 1.807) is 36.4 Å². The number of hydrogen-bond acceptors (Lipinski definition) is 7. The van der Waals surface area contributed by atoms with E-state index >= 15 is 0 Å². The van der Waals surface area contributed by atoms with Gasteiger partial charge in [0.2, 0.25) is 0 Å². The molecule has 3 aromatic heterocycles. The molecule has 8 nitrogen and oxygen atoms in total. The van der Waals surface area contributed by atoms with Crippen LogP contribution in [0.5, 0.6) is 0 Å². The smallest absolute Gasteiger partial charge is 0.278 e. The first-order chi connectivity index (χ1) is 10.6. The molecule has 112 valence electrons. The number of aromatic nitrogens is 5. The van der Waals surface area contributed by atoms with E-state index in [4.69, 9.17) is 0 Å². The number of carbonyl (C=O) groups is 1. The van der Waals surface area contributed by atoms with Crippen LogP contribution in [0.1, 0.15) is 15.5 Å². The fourth-order valence-electron chi connectivity index (χ4n) is 1.82. The molecule has 0 aliphatic carbocycles. The summed E-state index contributed by atoms with van der Waals surface area (Å²) < 4.78 is 1.61. The van der Waals surface area contributed by atoms with Gasteiger partial charge in [-0.3, -0.25) is 9.48 Å². The van der Waals surface area contributed by atoms with Gasteiger partial charge >= 0.3 is 0 Å². The molecule has 3 heterocycles. The van der Waals surface area contributed by atoms with E-state index in [9.17, 15) is 4.79 Å². The van der Waals surface area contributed by atoms with Gasteiger partial charge in [0.15, 0.2) is 11.5 Å². The van der Waals surface area contributed by atoms with Gasteiger partial charge in [0.05, 0.1) is 23.1 Å². The molecule has 0 atom stereocenters. The molecule has 0 aliphatic heterocycles. The molecule has 0 saturated carbocycles. The summed E-state index contributed by atoms with van der Waals surface area (Å²) >= 11 is 1.39. The van der Waals surface area contributed by atoms with Gasteiger partial charge in [-0.1, -0.05) is 0 Å². The lowest BCUT2D eigenvalue weighted by Gasteiger charge is -2.05. The third-order valence-corrected chi connectivity index (χ3v) is 3.61. The first-order valence-electron chi connectivity index (χ1n) is 6.42. The maximum atomic E-state index is 12.4. The summed E-state index contributed by atoms with van der Waals surface area (Å²) in [5.74, 6) is 0.162. The maximum absolute atomic E-state index is 12.4. The summed E-state index contributed by atoms with van der Waals surface area (Å²) in [6.45, 7) is 1.84. The minimum absolute atomic E-state index is 0.317. The fourth-order valence-corrected chi connectivity index (χ4v) is 2.65. The van der Waals surface area contributed by atoms with Crippen molar-refractivity contribution in [3.63, 3.8) is 0 Å². The van der Waals surface area contributed by atoms with E-state index in [-0.39, 0.29) is 5.91 Å². The largest absolute Gasteiger partial charge is 0.343 e. The Morgan fingerprint density at radius 3 is 2.77 bits per heavy atom. The molecule has 0 radical (unpaired) electrons. The van der Waals surface area contributed by atoms with Gasteiger partial charge in [0.25, 0.3) is 5.91 Å². The molecule has 0 saturated heterocycles. The summed E-state index contributed by atoms with van der Waals surface area (Å²) in [4.78, 5) is 24.5. The predicted octanol–water partition coefficient (Wildman–Crippen LogP) is 1.97. The number of hydrogen-bond donors (Lipinski definition) is 2. The normalized spacial score (nSPS) is 10.5. The zero-order valence-corrected chi connectivity index (χ0v) is 12.8. The van der Waals surface area contributed by atoms with Crippen molar-refractivity contribution in [2.24, 2.45) is 7.05 Å². The van der Waals surface area contributed by atoms with E-state index in [0.717, 1.165) is 5.01 Å². The highest BCUT2D eigenvalue weighted by Crippen LogP contribution is 2.27. The quantitative estimate of drug-likeness (QED) is 0.764. The lowest BCUT2D eigenvalue weighted by Crippen LogP contribution is -2.14. The molecule has 3 aromatic rings. The molecule has 1 amide bonds. The van der Waals surface area contributed by atoms with E-state index in [0.29, 0.717) is 22.2 Å². The molecular weight excluding hydrogens is 302 g/mol. The Morgan fingerprint density at radius 2 is 2.09 bits per heavy atom. The van der Waals surface area contributed by atoms with Crippen molar-refractivity contribution in [2.75, 3.05) is 10.6 Å². The van der Waals surface area contributed by atoms with Crippen LogP contribution < -0.4 is 10.6 Å². The third-order valence-electron chi connectivity index (χ3n) is 2.72. The van der Waals surface area contributed by atoms with Gasteiger partial charge in [0, 0.05) is 19.3 Å². The average molecular weight is 315 g/mol. The molecule has 3 rings (SSSR count). The Bertz CT molecular complexity index is 796. The van der Waals surface area contributed by atoms with Crippen LogP contribution >= 0.6 is 11.3 Å². The molecule has 0 aliphatic rings. The molecule has 22 heavy (non-hydrogen) atoms. The topological polar surface area (TPSA) is 97.6 Å². The second-order valence-corrected chi connectivity index (χ2v) is 5.69. The summed E-state index contributed by atoms with van der Waals surface area (Å²) in [7, 11) is 1.78. The van der Waals surface area contributed by atoms with Crippen LogP contribution in [0.25, 0.3) is 0 Å². The van der Waals surface area contributed by atoms with Crippen molar-refractivity contribution in [2.45, 2.75) is 6.92 Å². The van der Waals surface area contributed by atoms with Crippen molar-refractivity contribution in [1.29, 1.82) is 0 Å². The second-order valence-electron chi connectivity index (χ2n) is 4.49. The van der Waals surface area contributed by atoms with Gasteiger partial charge in [0.1, 0.15) is 11.3 Å². The van der Waals surface area contributed by atoms with Crippen molar-refractivity contribution in [3.8, 4) is 0 Å². The number of thiazole rings is 1. The lowest BCUT2D eigenvalue weighted by atomic mass is 10.4. The molecule has 0 unspecified atom stereocenters. The number of nitrogens with zero attached hydrogens (tertiary/aromatic N) is 5. The van der Waals surface area contributed by atoms with Crippen molar-refractivity contribution in [1.82, 2.24) is 24.7 Å². The summed E-state index contributed by atoms with van der Waals surface area (Å²) in [6, 6.07) is 1.72. The van der Waals surface area contributed by atoms with E-state index < -0.39 is 0 Å². The van der Waals surface area contributed by atoms with Gasteiger partial charge < -0.3 is 10.6 Å². The summed E-state index contributed by atoms with van der Waals surface area (Å²) in [6.07, 6.45) is 6.45. The van der Waals surface area contributed by atoms with Crippen LogP contribution in [0.2, 0.25) is 0 Å². The zero-order valence-electron chi connectivity index (χ0n) is 11.9. The highest BCUT2D eigenvalue weighted by molar-refractivity contribution is 7.16. The highest BCUT2D eigenvalue weighted by Gasteiger charge is 2.18. The van der Waals surface area contributed by atoms with Crippen LogP contribution in [0, 0.1) is 6.92 Å². The van der Waals surface area contributed by atoms with E-state index in [1.807, 2.05) is 6.92 Å². The van der Waals surface area contributed by atoms with Crippen LogP contribution in [0.3, 0.4) is 0 Å². The van der Waals surface area contributed by atoms with Gasteiger partial charge in [-0.05, 0) is 6.92 Å². The zero-order chi connectivity index (χ0) is 15.5. The molecule has 0 fully saturated rings. The van der Waals surface area contributed by atoms with Gasteiger partial charge in [-0.15, -0.1) is 11.3 Å². The number of aryl methyl sites for hydroxylation is 2.